The van der Waals surface area contributed by atoms with Gasteiger partial charge in [0.25, 0.3) is 5.91 Å². The molecule has 132 valence electrons. The molecule has 1 atom stereocenters. The average molecular weight is 346 g/mol. The van der Waals surface area contributed by atoms with Crippen molar-refractivity contribution in [2.45, 2.75) is 6.42 Å². The molecule has 0 spiro atoms. The summed E-state index contributed by atoms with van der Waals surface area (Å²) in [7, 11) is 0. The Morgan fingerprint density at radius 3 is 2.62 bits per heavy atom. The second-order valence-electron chi connectivity index (χ2n) is 6.67. The minimum Gasteiger partial charge on any atom is -0.371 e. The van der Waals surface area contributed by atoms with Crippen LogP contribution in [0.15, 0.2) is 66.9 Å². The van der Waals surface area contributed by atoms with Crippen molar-refractivity contribution in [1.29, 1.82) is 0 Å². The van der Waals surface area contributed by atoms with Gasteiger partial charge < -0.3 is 10.2 Å². The fourth-order valence-corrected chi connectivity index (χ4v) is 3.49. The molecule has 4 rings (SSSR count). The summed E-state index contributed by atoms with van der Waals surface area (Å²) >= 11 is 0. The third kappa shape index (κ3) is 3.47. The van der Waals surface area contributed by atoms with Crippen LogP contribution in [0.4, 0.5) is 5.69 Å². The van der Waals surface area contributed by atoms with Gasteiger partial charge in [0.1, 0.15) is 0 Å². The van der Waals surface area contributed by atoms with Gasteiger partial charge in [0, 0.05) is 30.9 Å². The number of rotatable bonds is 5. The summed E-state index contributed by atoms with van der Waals surface area (Å²) in [6.07, 6.45) is 2.69. The maximum Gasteiger partial charge on any atom is 0.255 e. The molecule has 0 bridgehead atoms. The smallest absolute Gasteiger partial charge is 0.255 e. The van der Waals surface area contributed by atoms with Crippen molar-refractivity contribution in [1.82, 2.24) is 15.5 Å². The zero-order chi connectivity index (χ0) is 17.8. The molecule has 0 radical (unpaired) electrons. The zero-order valence-corrected chi connectivity index (χ0v) is 14.6. The lowest BCUT2D eigenvalue weighted by atomic mass is 10.1. The zero-order valence-electron chi connectivity index (χ0n) is 14.6. The summed E-state index contributed by atoms with van der Waals surface area (Å²) < 4.78 is 0. The number of carbonyl (C=O) groups excluding carboxylic acids is 1. The van der Waals surface area contributed by atoms with E-state index in [9.17, 15) is 4.79 Å². The molecule has 1 aliphatic heterocycles. The van der Waals surface area contributed by atoms with Gasteiger partial charge in [-0.1, -0.05) is 48.5 Å². The molecule has 2 N–H and O–H groups in total. The lowest BCUT2D eigenvalue weighted by Crippen LogP contribution is -2.31. The fourth-order valence-electron chi connectivity index (χ4n) is 3.49. The summed E-state index contributed by atoms with van der Waals surface area (Å²) in [4.78, 5) is 15.0. The minimum atomic E-state index is -0.0734. The normalized spacial score (nSPS) is 16.6. The highest BCUT2D eigenvalue weighted by Gasteiger charge is 2.24. The number of aromatic nitrogens is 2. The van der Waals surface area contributed by atoms with Crippen molar-refractivity contribution in [3.63, 3.8) is 0 Å². The second kappa shape index (κ2) is 7.44. The molecule has 1 aliphatic rings. The third-order valence-corrected chi connectivity index (χ3v) is 4.90. The first-order chi connectivity index (χ1) is 12.8. The summed E-state index contributed by atoms with van der Waals surface area (Å²) in [5, 5.41) is 10.1. The summed E-state index contributed by atoms with van der Waals surface area (Å²) in [6, 6.07) is 20.2. The second-order valence-corrected chi connectivity index (χ2v) is 6.67. The van der Waals surface area contributed by atoms with Crippen LogP contribution >= 0.6 is 0 Å². The molecule has 0 aliphatic carbocycles. The van der Waals surface area contributed by atoms with Crippen LogP contribution in [-0.4, -0.2) is 35.7 Å². The minimum absolute atomic E-state index is 0.0734. The number of nitrogens with one attached hydrogen (secondary N) is 2. The first-order valence-corrected chi connectivity index (χ1v) is 8.98. The van der Waals surface area contributed by atoms with Gasteiger partial charge in [-0.3, -0.25) is 9.89 Å². The van der Waals surface area contributed by atoms with E-state index in [2.05, 4.69) is 44.7 Å². The van der Waals surface area contributed by atoms with Crippen molar-refractivity contribution >= 4 is 11.6 Å². The number of anilines is 1. The highest BCUT2D eigenvalue weighted by atomic mass is 16.1. The van der Waals surface area contributed by atoms with Crippen molar-refractivity contribution in [2.24, 2.45) is 5.92 Å². The molecule has 0 unspecified atom stereocenters. The summed E-state index contributed by atoms with van der Waals surface area (Å²) in [5.74, 6) is 0.391. The quantitative estimate of drug-likeness (QED) is 0.745. The standard InChI is InChI=1S/C21H22N4O/c26-21(19-14-23-24-20(19)17-7-3-1-4-8-17)22-13-16-11-12-25(15-16)18-9-5-2-6-10-18/h1-10,14,16H,11-13,15H2,(H,22,26)(H,23,24)/t16-/m1/s1. The summed E-state index contributed by atoms with van der Waals surface area (Å²) in [5.41, 5.74) is 3.57. The van der Waals surface area contributed by atoms with Crippen molar-refractivity contribution < 1.29 is 4.79 Å². The number of hydrogen-bond acceptors (Lipinski definition) is 3. The molecule has 2 aromatic carbocycles. The van der Waals surface area contributed by atoms with Crippen molar-refractivity contribution in [3.8, 4) is 11.3 Å². The van der Waals surface area contributed by atoms with Gasteiger partial charge in [0.2, 0.25) is 0 Å². The monoisotopic (exact) mass is 346 g/mol. The molecule has 1 fully saturated rings. The van der Waals surface area contributed by atoms with E-state index >= 15 is 0 Å². The van der Waals surface area contributed by atoms with Crippen LogP contribution in [0, 0.1) is 5.92 Å². The predicted molar refractivity (Wildman–Crippen MR) is 103 cm³/mol. The van der Waals surface area contributed by atoms with Crippen molar-refractivity contribution in [3.05, 3.63) is 72.4 Å². The molecular weight excluding hydrogens is 324 g/mol. The lowest BCUT2D eigenvalue weighted by Gasteiger charge is -2.18. The highest BCUT2D eigenvalue weighted by Crippen LogP contribution is 2.24. The molecule has 5 heteroatoms. The van der Waals surface area contributed by atoms with E-state index in [0.29, 0.717) is 18.0 Å². The molecule has 2 heterocycles. The van der Waals surface area contributed by atoms with Crippen molar-refractivity contribution in [2.75, 3.05) is 24.5 Å². The third-order valence-electron chi connectivity index (χ3n) is 4.90. The maximum atomic E-state index is 12.6. The van der Waals surface area contributed by atoms with Crippen LogP contribution in [0.2, 0.25) is 0 Å². The predicted octanol–water partition coefficient (Wildman–Crippen LogP) is 3.33. The molecule has 1 amide bonds. The highest BCUT2D eigenvalue weighted by molar-refractivity contribution is 5.99. The Morgan fingerprint density at radius 2 is 1.85 bits per heavy atom. The molecule has 0 saturated carbocycles. The summed E-state index contributed by atoms with van der Waals surface area (Å²) in [6.45, 7) is 2.69. The van der Waals surface area contributed by atoms with E-state index in [1.54, 1.807) is 6.20 Å². The SMILES string of the molecule is O=C(NC[C@H]1CCN(c2ccccc2)C1)c1cn[nH]c1-c1ccccc1. The molecular formula is C21H22N4O. The van der Waals surface area contributed by atoms with Crippen LogP contribution in [0.1, 0.15) is 16.8 Å². The maximum absolute atomic E-state index is 12.6. The molecule has 3 aromatic rings. The number of aromatic amines is 1. The van der Waals surface area contributed by atoms with Gasteiger partial charge >= 0.3 is 0 Å². The number of hydrogen-bond donors (Lipinski definition) is 2. The van der Waals surface area contributed by atoms with Crippen LogP contribution in [-0.2, 0) is 0 Å². The van der Waals surface area contributed by atoms with Gasteiger partial charge in [-0.15, -0.1) is 0 Å². The Morgan fingerprint density at radius 1 is 1.12 bits per heavy atom. The first kappa shape index (κ1) is 16.4. The molecule has 26 heavy (non-hydrogen) atoms. The number of para-hydroxylation sites is 1. The van der Waals surface area contributed by atoms with Gasteiger partial charge in [-0.2, -0.15) is 5.10 Å². The number of H-pyrrole nitrogens is 1. The van der Waals surface area contributed by atoms with Crippen LogP contribution in [0.3, 0.4) is 0 Å². The Bertz CT molecular complexity index is 860. The van der Waals surface area contributed by atoms with E-state index in [-0.39, 0.29) is 5.91 Å². The van der Waals surface area contributed by atoms with Gasteiger partial charge in [0.15, 0.2) is 0 Å². The van der Waals surface area contributed by atoms with Gasteiger partial charge in [0.05, 0.1) is 17.5 Å². The Labute approximate surface area is 153 Å². The van der Waals surface area contributed by atoms with E-state index in [1.165, 1.54) is 5.69 Å². The average Bonchev–Trinajstić information content (AvgIpc) is 3.37. The molecule has 1 aromatic heterocycles. The number of nitrogens with zero attached hydrogens (tertiary/aromatic N) is 2. The van der Waals surface area contributed by atoms with E-state index < -0.39 is 0 Å². The Kier molecular flexibility index (Phi) is 4.69. The number of amides is 1. The lowest BCUT2D eigenvalue weighted by molar-refractivity contribution is 0.0949. The largest absolute Gasteiger partial charge is 0.371 e. The van der Waals surface area contributed by atoms with E-state index in [4.69, 9.17) is 0 Å². The topological polar surface area (TPSA) is 61.0 Å². The van der Waals surface area contributed by atoms with Crippen LogP contribution < -0.4 is 10.2 Å². The number of carbonyl (C=O) groups is 1. The van der Waals surface area contributed by atoms with Gasteiger partial charge in [-0.05, 0) is 24.5 Å². The first-order valence-electron chi connectivity index (χ1n) is 8.98. The molecule has 5 nitrogen and oxygen atoms in total. The van der Waals surface area contributed by atoms with Gasteiger partial charge in [-0.25, -0.2) is 0 Å². The van der Waals surface area contributed by atoms with Crippen LogP contribution in [0.5, 0.6) is 0 Å². The Balaban J connectivity index is 1.36. The van der Waals surface area contributed by atoms with E-state index in [0.717, 1.165) is 30.8 Å². The molecule has 1 saturated heterocycles. The van der Waals surface area contributed by atoms with E-state index in [1.807, 2.05) is 36.4 Å². The van der Waals surface area contributed by atoms with Crippen LogP contribution in [0.25, 0.3) is 11.3 Å². The Hall–Kier alpha value is -3.08. The fraction of sp³-hybridized carbons (Fsp3) is 0.238. The number of benzene rings is 2.